The Morgan fingerprint density at radius 1 is 1.00 bits per heavy atom. The summed E-state index contributed by atoms with van der Waals surface area (Å²) in [5, 5.41) is 2.92. The molecule has 0 radical (unpaired) electrons. The van der Waals surface area contributed by atoms with E-state index in [-0.39, 0.29) is 30.0 Å². The largest absolute Gasteiger partial charge is 0.324 e. The SMILES string of the molecule is Cc1ccc(C)c(NC(=O)CN2C(=O)[C@@]3(SCC(=O)N3c3ccc(F)cc3)c3cc(C)ccc32)c1. The van der Waals surface area contributed by atoms with Gasteiger partial charge in [-0.15, -0.1) is 11.8 Å². The van der Waals surface area contributed by atoms with E-state index in [0.29, 0.717) is 22.6 Å². The normalized spacial score (nSPS) is 19.0. The Morgan fingerprint density at radius 2 is 1.69 bits per heavy atom. The third kappa shape index (κ3) is 3.78. The number of carbonyl (C=O) groups excluding carboxylic acids is 3. The third-order valence-corrected chi connectivity index (χ3v) is 7.75. The second kappa shape index (κ2) is 8.53. The highest BCUT2D eigenvalue weighted by atomic mass is 32.2. The Balaban J connectivity index is 1.54. The molecular formula is C27H24FN3O3S. The molecule has 0 bridgehead atoms. The summed E-state index contributed by atoms with van der Waals surface area (Å²) in [4.78, 5) is 41.7. The van der Waals surface area contributed by atoms with Crippen LogP contribution in [-0.2, 0) is 19.3 Å². The van der Waals surface area contributed by atoms with E-state index in [9.17, 15) is 18.8 Å². The fourth-order valence-corrected chi connectivity index (χ4v) is 6.02. The Bertz CT molecular complexity index is 1370. The van der Waals surface area contributed by atoms with Gasteiger partial charge in [0.25, 0.3) is 5.91 Å². The van der Waals surface area contributed by atoms with Gasteiger partial charge >= 0.3 is 0 Å². The first-order chi connectivity index (χ1) is 16.7. The third-order valence-electron chi connectivity index (χ3n) is 6.37. The van der Waals surface area contributed by atoms with Crippen molar-refractivity contribution in [3.05, 3.63) is 88.7 Å². The number of carbonyl (C=O) groups is 3. The van der Waals surface area contributed by atoms with Crippen LogP contribution in [0.25, 0.3) is 0 Å². The summed E-state index contributed by atoms with van der Waals surface area (Å²) < 4.78 is 13.6. The summed E-state index contributed by atoms with van der Waals surface area (Å²) >= 11 is 1.23. The molecule has 1 fully saturated rings. The predicted molar refractivity (Wildman–Crippen MR) is 136 cm³/mol. The molecule has 2 heterocycles. The molecule has 3 aromatic rings. The van der Waals surface area contributed by atoms with Gasteiger partial charge in [-0.2, -0.15) is 0 Å². The minimum Gasteiger partial charge on any atom is -0.324 e. The van der Waals surface area contributed by atoms with Crippen molar-refractivity contribution in [2.24, 2.45) is 0 Å². The highest BCUT2D eigenvalue weighted by Gasteiger charge is 2.61. The Hall–Kier alpha value is -3.65. The predicted octanol–water partition coefficient (Wildman–Crippen LogP) is 4.67. The number of nitrogens with zero attached hydrogens (tertiary/aromatic N) is 2. The van der Waals surface area contributed by atoms with E-state index in [1.807, 2.05) is 57.2 Å². The monoisotopic (exact) mass is 489 g/mol. The fraction of sp³-hybridized carbons (Fsp3) is 0.222. The lowest BCUT2D eigenvalue weighted by atomic mass is 10.0. The first-order valence-corrected chi connectivity index (χ1v) is 12.2. The standard InChI is InChI=1S/C27H24FN3O3S/c1-16-5-11-23-21(12-16)27(31(25(33)15-35-27)20-9-7-19(28)8-10-20)26(34)30(23)14-24(32)29-22-13-17(2)4-6-18(22)3/h4-13H,14-15H2,1-3H3,(H,29,32)/t27-/m0/s1. The number of thioether (sulfide) groups is 1. The van der Waals surface area contributed by atoms with Gasteiger partial charge in [-0.3, -0.25) is 24.2 Å². The van der Waals surface area contributed by atoms with Crippen LogP contribution in [0.2, 0.25) is 0 Å². The number of anilines is 3. The molecule has 5 rings (SSSR count). The van der Waals surface area contributed by atoms with Gasteiger partial charge in [-0.1, -0.05) is 29.8 Å². The van der Waals surface area contributed by atoms with Crippen molar-refractivity contribution < 1.29 is 18.8 Å². The van der Waals surface area contributed by atoms with Crippen LogP contribution in [0.3, 0.4) is 0 Å². The van der Waals surface area contributed by atoms with E-state index in [1.54, 1.807) is 0 Å². The molecule has 178 valence electrons. The summed E-state index contributed by atoms with van der Waals surface area (Å²) in [7, 11) is 0. The average Bonchev–Trinajstić information content (AvgIpc) is 3.27. The molecule has 0 unspecified atom stereocenters. The average molecular weight is 490 g/mol. The number of amides is 3. The molecule has 3 amide bonds. The van der Waals surface area contributed by atoms with Gasteiger partial charge < -0.3 is 5.32 Å². The molecule has 3 aromatic carbocycles. The van der Waals surface area contributed by atoms with Gasteiger partial charge in [0.2, 0.25) is 16.7 Å². The lowest BCUT2D eigenvalue weighted by Gasteiger charge is -2.33. The number of hydrogen-bond acceptors (Lipinski definition) is 4. The second-order valence-corrected chi connectivity index (χ2v) is 10.1. The molecule has 1 saturated heterocycles. The zero-order valence-electron chi connectivity index (χ0n) is 19.6. The topological polar surface area (TPSA) is 69.7 Å². The van der Waals surface area contributed by atoms with Gasteiger partial charge in [-0.05, 0) is 68.3 Å². The fourth-order valence-electron chi connectivity index (χ4n) is 4.67. The molecule has 2 aliphatic heterocycles. The maximum absolute atomic E-state index is 14.1. The van der Waals surface area contributed by atoms with Crippen LogP contribution in [0.4, 0.5) is 21.5 Å². The van der Waals surface area contributed by atoms with Gasteiger partial charge in [0, 0.05) is 16.9 Å². The van der Waals surface area contributed by atoms with Crippen molar-refractivity contribution in [1.82, 2.24) is 0 Å². The number of aryl methyl sites for hydroxylation is 3. The lowest BCUT2D eigenvalue weighted by Crippen LogP contribution is -2.50. The molecular weight excluding hydrogens is 465 g/mol. The second-order valence-electron chi connectivity index (χ2n) is 8.92. The number of halogens is 1. The highest BCUT2D eigenvalue weighted by molar-refractivity contribution is 8.02. The summed E-state index contributed by atoms with van der Waals surface area (Å²) in [6, 6.07) is 16.9. The van der Waals surface area contributed by atoms with Crippen LogP contribution in [0.1, 0.15) is 22.3 Å². The molecule has 1 atom stereocenters. The maximum atomic E-state index is 14.1. The van der Waals surface area contributed by atoms with Crippen molar-refractivity contribution in [3.8, 4) is 0 Å². The van der Waals surface area contributed by atoms with Crippen molar-refractivity contribution >= 4 is 46.5 Å². The van der Waals surface area contributed by atoms with Crippen LogP contribution in [-0.4, -0.2) is 30.0 Å². The summed E-state index contributed by atoms with van der Waals surface area (Å²) in [6.07, 6.45) is 0. The van der Waals surface area contributed by atoms with Crippen LogP contribution >= 0.6 is 11.8 Å². The number of hydrogen-bond donors (Lipinski definition) is 1. The van der Waals surface area contributed by atoms with Crippen LogP contribution in [0.5, 0.6) is 0 Å². The number of benzene rings is 3. The van der Waals surface area contributed by atoms with Gasteiger partial charge in [0.05, 0.1) is 11.4 Å². The first-order valence-electron chi connectivity index (χ1n) is 11.2. The van der Waals surface area contributed by atoms with Crippen LogP contribution in [0.15, 0.2) is 60.7 Å². The molecule has 2 aliphatic rings. The molecule has 1 spiro atoms. The van der Waals surface area contributed by atoms with Crippen molar-refractivity contribution in [3.63, 3.8) is 0 Å². The minimum atomic E-state index is -1.35. The molecule has 6 nitrogen and oxygen atoms in total. The van der Waals surface area contributed by atoms with E-state index in [4.69, 9.17) is 0 Å². The summed E-state index contributed by atoms with van der Waals surface area (Å²) in [6.45, 7) is 5.57. The maximum Gasteiger partial charge on any atom is 0.269 e. The number of nitrogens with one attached hydrogen (secondary N) is 1. The van der Waals surface area contributed by atoms with E-state index in [1.165, 1.54) is 45.8 Å². The molecule has 1 N–H and O–H groups in total. The zero-order chi connectivity index (χ0) is 24.9. The highest BCUT2D eigenvalue weighted by Crippen LogP contribution is 2.55. The number of rotatable bonds is 4. The van der Waals surface area contributed by atoms with Crippen molar-refractivity contribution in [1.29, 1.82) is 0 Å². The molecule has 0 aromatic heterocycles. The van der Waals surface area contributed by atoms with E-state index in [2.05, 4.69) is 5.32 Å². The molecule has 0 saturated carbocycles. The molecule has 8 heteroatoms. The van der Waals surface area contributed by atoms with E-state index >= 15 is 0 Å². The Labute approximate surface area is 207 Å². The van der Waals surface area contributed by atoms with Crippen molar-refractivity contribution in [2.45, 2.75) is 25.6 Å². The summed E-state index contributed by atoms with van der Waals surface area (Å²) in [5.41, 5.74) is 5.23. The zero-order valence-corrected chi connectivity index (χ0v) is 20.4. The first kappa shape index (κ1) is 23.1. The summed E-state index contributed by atoms with van der Waals surface area (Å²) in [5.74, 6) is -1.28. The Morgan fingerprint density at radius 3 is 2.43 bits per heavy atom. The molecule has 35 heavy (non-hydrogen) atoms. The minimum absolute atomic E-state index is 0.0963. The van der Waals surface area contributed by atoms with Crippen LogP contribution in [0, 0.1) is 26.6 Å². The number of fused-ring (bicyclic) bond motifs is 2. The lowest BCUT2D eigenvalue weighted by molar-refractivity contribution is -0.124. The van der Waals surface area contributed by atoms with Gasteiger partial charge in [0.1, 0.15) is 12.4 Å². The van der Waals surface area contributed by atoms with Crippen LogP contribution < -0.4 is 15.1 Å². The molecule has 0 aliphatic carbocycles. The quantitative estimate of drug-likeness (QED) is 0.578. The smallest absolute Gasteiger partial charge is 0.269 e. The van der Waals surface area contributed by atoms with Gasteiger partial charge in [-0.25, -0.2) is 4.39 Å². The van der Waals surface area contributed by atoms with E-state index < -0.39 is 10.7 Å². The van der Waals surface area contributed by atoms with Crippen molar-refractivity contribution in [2.75, 3.05) is 27.4 Å². The van der Waals surface area contributed by atoms with Gasteiger partial charge in [0.15, 0.2) is 0 Å². The Kier molecular flexibility index (Phi) is 5.63. The van der Waals surface area contributed by atoms with E-state index in [0.717, 1.165) is 16.7 Å².